The number of hydrogen-bond donors (Lipinski definition) is 2. The second-order valence-corrected chi connectivity index (χ2v) is 6.07. The average molecular weight is 356 g/mol. The number of nitrogens with zero attached hydrogens (tertiary/aromatic N) is 2. The first-order chi connectivity index (χ1) is 12.5. The molecule has 0 heterocycles. The summed E-state index contributed by atoms with van der Waals surface area (Å²) >= 11 is 0. The second kappa shape index (κ2) is 9.53. The number of carbonyl (C=O) groups excluding carboxylic acids is 1. The van der Waals surface area contributed by atoms with Gasteiger partial charge in [0, 0.05) is 31.8 Å². The minimum absolute atomic E-state index is 0.109. The molecule has 0 spiro atoms. The van der Waals surface area contributed by atoms with Crippen LogP contribution >= 0.6 is 0 Å². The van der Waals surface area contributed by atoms with Crippen molar-refractivity contribution in [2.24, 2.45) is 0 Å². The van der Waals surface area contributed by atoms with Crippen LogP contribution in [0.15, 0.2) is 48.5 Å². The summed E-state index contributed by atoms with van der Waals surface area (Å²) < 4.78 is 0. The molecule has 0 fully saturated rings. The van der Waals surface area contributed by atoms with Gasteiger partial charge in [0.05, 0.1) is 4.92 Å². The van der Waals surface area contributed by atoms with Crippen molar-refractivity contribution in [2.75, 3.05) is 32.5 Å². The molecule has 0 bridgehead atoms. The molecule has 0 saturated heterocycles. The number of hydrogen-bond acceptors (Lipinski definition) is 5. The zero-order valence-corrected chi connectivity index (χ0v) is 15.1. The van der Waals surface area contributed by atoms with Gasteiger partial charge in [0.2, 0.25) is 0 Å². The summed E-state index contributed by atoms with van der Waals surface area (Å²) in [4.78, 5) is 24.9. The zero-order chi connectivity index (χ0) is 18.9. The first-order valence-corrected chi connectivity index (χ1v) is 8.48. The van der Waals surface area contributed by atoms with Gasteiger partial charge in [-0.1, -0.05) is 30.3 Å². The van der Waals surface area contributed by atoms with E-state index in [1.807, 2.05) is 25.2 Å². The zero-order valence-electron chi connectivity index (χ0n) is 15.1. The Balaban J connectivity index is 1.80. The molecule has 0 atom stereocenters. The highest BCUT2D eigenvalue weighted by Gasteiger charge is 2.16. The molecule has 0 aliphatic heterocycles. The Labute approximate surface area is 153 Å². The van der Waals surface area contributed by atoms with E-state index in [2.05, 4.69) is 27.7 Å². The standard InChI is InChI=1S/C19H24N4O3/c1-20-17-10-9-16(13-18(17)23(25)26)19(24)21-11-6-12-22(2)14-15-7-4-3-5-8-15/h3-5,7-10,13,20H,6,11-12,14H2,1-2H3,(H,21,24). The van der Waals surface area contributed by atoms with Crippen LogP contribution in [0.3, 0.4) is 0 Å². The lowest BCUT2D eigenvalue weighted by Gasteiger charge is -2.16. The molecule has 2 aromatic rings. The number of nitro benzene ring substituents is 1. The van der Waals surface area contributed by atoms with Gasteiger partial charge in [-0.25, -0.2) is 0 Å². The molecule has 7 nitrogen and oxygen atoms in total. The topological polar surface area (TPSA) is 87.5 Å². The van der Waals surface area contributed by atoms with Gasteiger partial charge in [0.1, 0.15) is 5.69 Å². The molecule has 26 heavy (non-hydrogen) atoms. The predicted molar refractivity (Wildman–Crippen MR) is 102 cm³/mol. The molecule has 0 unspecified atom stereocenters. The van der Waals surface area contributed by atoms with Crippen molar-refractivity contribution in [1.29, 1.82) is 0 Å². The summed E-state index contributed by atoms with van der Waals surface area (Å²) in [6, 6.07) is 14.6. The summed E-state index contributed by atoms with van der Waals surface area (Å²) in [7, 11) is 3.64. The number of rotatable bonds is 9. The lowest BCUT2D eigenvalue weighted by Crippen LogP contribution is -2.28. The number of carbonyl (C=O) groups is 1. The molecule has 0 saturated carbocycles. The van der Waals surface area contributed by atoms with Gasteiger partial charge in [0.25, 0.3) is 11.6 Å². The minimum atomic E-state index is -0.499. The first kappa shape index (κ1) is 19.4. The summed E-state index contributed by atoms with van der Waals surface area (Å²) in [6.07, 6.45) is 0.797. The van der Waals surface area contributed by atoms with Gasteiger partial charge < -0.3 is 15.5 Å². The van der Waals surface area contributed by atoms with Crippen LogP contribution in [0.2, 0.25) is 0 Å². The van der Waals surface area contributed by atoms with Crippen molar-refractivity contribution < 1.29 is 9.72 Å². The highest BCUT2D eigenvalue weighted by Crippen LogP contribution is 2.24. The van der Waals surface area contributed by atoms with Gasteiger partial charge in [-0.05, 0) is 37.7 Å². The molecule has 0 aromatic heterocycles. The fraction of sp³-hybridized carbons (Fsp3) is 0.316. The van der Waals surface area contributed by atoms with Crippen LogP contribution in [0, 0.1) is 10.1 Å². The fourth-order valence-corrected chi connectivity index (χ4v) is 2.66. The van der Waals surface area contributed by atoms with Crippen LogP contribution in [0.5, 0.6) is 0 Å². The SMILES string of the molecule is CNc1ccc(C(=O)NCCCN(C)Cc2ccccc2)cc1[N+](=O)[O-]. The smallest absolute Gasteiger partial charge is 0.293 e. The summed E-state index contributed by atoms with van der Waals surface area (Å²) in [5.74, 6) is -0.304. The van der Waals surface area contributed by atoms with Crippen molar-refractivity contribution >= 4 is 17.3 Å². The van der Waals surface area contributed by atoms with Crippen LogP contribution < -0.4 is 10.6 Å². The average Bonchev–Trinajstić information content (AvgIpc) is 2.65. The Bertz CT molecular complexity index is 750. The Hall–Kier alpha value is -2.93. The molecule has 7 heteroatoms. The fourth-order valence-electron chi connectivity index (χ4n) is 2.66. The first-order valence-electron chi connectivity index (χ1n) is 8.48. The van der Waals surface area contributed by atoms with E-state index in [4.69, 9.17) is 0 Å². The lowest BCUT2D eigenvalue weighted by molar-refractivity contribution is -0.384. The predicted octanol–water partition coefficient (Wildman–Crippen LogP) is 2.89. The Morgan fingerprint density at radius 2 is 1.92 bits per heavy atom. The Morgan fingerprint density at radius 1 is 1.19 bits per heavy atom. The quantitative estimate of drug-likeness (QED) is 0.410. The summed E-state index contributed by atoms with van der Waals surface area (Å²) in [5.41, 5.74) is 1.81. The van der Waals surface area contributed by atoms with Gasteiger partial charge in [0.15, 0.2) is 0 Å². The molecular formula is C19H24N4O3. The van der Waals surface area contributed by atoms with Gasteiger partial charge in [-0.3, -0.25) is 14.9 Å². The monoisotopic (exact) mass is 356 g/mol. The number of amides is 1. The van der Waals surface area contributed by atoms with E-state index < -0.39 is 4.92 Å². The van der Waals surface area contributed by atoms with E-state index in [-0.39, 0.29) is 17.2 Å². The van der Waals surface area contributed by atoms with E-state index in [1.54, 1.807) is 19.2 Å². The molecule has 0 aliphatic carbocycles. The highest BCUT2D eigenvalue weighted by atomic mass is 16.6. The number of nitrogens with one attached hydrogen (secondary N) is 2. The van der Waals surface area contributed by atoms with Crippen molar-refractivity contribution in [1.82, 2.24) is 10.2 Å². The van der Waals surface area contributed by atoms with Crippen molar-refractivity contribution in [3.05, 3.63) is 69.8 Å². The molecule has 0 aliphatic rings. The molecule has 138 valence electrons. The lowest BCUT2D eigenvalue weighted by atomic mass is 10.1. The minimum Gasteiger partial charge on any atom is -0.383 e. The molecule has 1 amide bonds. The van der Waals surface area contributed by atoms with Crippen LogP contribution in [0.25, 0.3) is 0 Å². The maximum Gasteiger partial charge on any atom is 0.293 e. The Morgan fingerprint density at radius 3 is 2.58 bits per heavy atom. The molecule has 0 radical (unpaired) electrons. The van der Waals surface area contributed by atoms with Crippen LogP contribution in [0.4, 0.5) is 11.4 Å². The highest BCUT2D eigenvalue weighted by molar-refractivity contribution is 5.95. The summed E-state index contributed by atoms with van der Waals surface area (Å²) in [6.45, 7) is 2.21. The summed E-state index contributed by atoms with van der Waals surface area (Å²) in [5, 5.41) is 16.6. The molecule has 2 rings (SSSR count). The molecule has 2 N–H and O–H groups in total. The van der Waals surface area contributed by atoms with Crippen LogP contribution in [-0.4, -0.2) is 42.9 Å². The van der Waals surface area contributed by atoms with E-state index >= 15 is 0 Å². The van der Waals surface area contributed by atoms with Gasteiger partial charge in [-0.2, -0.15) is 0 Å². The number of nitro groups is 1. The number of anilines is 1. The third-order valence-corrected chi connectivity index (χ3v) is 4.02. The molecule has 2 aromatic carbocycles. The van der Waals surface area contributed by atoms with E-state index in [9.17, 15) is 14.9 Å². The van der Waals surface area contributed by atoms with Crippen molar-refractivity contribution in [3.8, 4) is 0 Å². The third kappa shape index (κ3) is 5.56. The third-order valence-electron chi connectivity index (χ3n) is 4.02. The van der Waals surface area contributed by atoms with Gasteiger partial charge in [-0.15, -0.1) is 0 Å². The van der Waals surface area contributed by atoms with E-state index in [1.165, 1.54) is 11.6 Å². The van der Waals surface area contributed by atoms with Gasteiger partial charge >= 0.3 is 0 Å². The van der Waals surface area contributed by atoms with Crippen LogP contribution in [0.1, 0.15) is 22.3 Å². The largest absolute Gasteiger partial charge is 0.383 e. The maximum absolute atomic E-state index is 12.2. The van der Waals surface area contributed by atoms with E-state index in [0.717, 1.165) is 19.5 Å². The second-order valence-electron chi connectivity index (χ2n) is 6.07. The number of benzene rings is 2. The molecular weight excluding hydrogens is 332 g/mol. The Kier molecular flexibility index (Phi) is 7.11. The van der Waals surface area contributed by atoms with Crippen molar-refractivity contribution in [2.45, 2.75) is 13.0 Å². The van der Waals surface area contributed by atoms with E-state index in [0.29, 0.717) is 12.2 Å². The maximum atomic E-state index is 12.2. The normalized spacial score (nSPS) is 10.6. The van der Waals surface area contributed by atoms with Crippen molar-refractivity contribution in [3.63, 3.8) is 0 Å². The van der Waals surface area contributed by atoms with Crippen LogP contribution in [-0.2, 0) is 6.54 Å².